The smallest absolute Gasteiger partial charge is 0.220 e. The number of benzene rings is 1. The van der Waals surface area contributed by atoms with E-state index in [4.69, 9.17) is 0 Å². The van der Waals surface area contributed by atoms with Crippen LogP contribution in [0.4, 0.5) is 0 Å². The van der Waals surface area contributed by atoms with Crippen LogP contribution in [0.15, 0.2) is 30.3 Å². The molecule has 0 bridgehead atoms. The van der Waals surface area contributed by atoms with Crippen molar-refractivity contribution in [2.24, 2.45) is 5.92 Å². The molecule has 1 unspecified atom stereocenters. The maximum atomic E-state index is 11.7. The molecule has 0 spiro atoms. The molecule has 0 heterocycles. The molecule has 0 aliphatic rings. The summed E-state index contributed by atoms with van der Waals surface area (Å²) in [4.78, 5) is 11.7. The van der Waals surface area contributed by atoms with Gasteiger partial charge in [-0.1, -0.05) is 51.1 Å². The zero-order valence-corrected chi connectivity index (χ0v) is 11.1. The fourth-order valence-corrected chi connectivity index (χ4v) is 1.85. The van der Waals surface area contributed by atoms with Gasteiger partial charge in [-0.3, -0.25) is 4.79 Å². The Morgan fingerprint density at radius 3 is 2.41 bits per heavy atom. The van der Waals surface area contributed by atoms with Gasteiger partial charge in [-0.05, 0) is 24.3 Å². The minimum absolute atomic E-state index is 0.169. The zero-order chi connectivity index (χ0) is 12.7. The third-order valence-corrected chi connectivity index (χ3v) is 2.78. The lowest BCUT2D eigenvalue weighted by molar-refractivity contribution is -0.122. The van der Waals surface area contributed by atoms with Gasteiger partial charge in [-0.25, -0.2) is 0 Å². The van der Waals surface area contributed by atoms with E-state index in [-0.39, 0.29) is 11.9 Å². The van der Waals surface area contributed by atoms with E-state index in [0.717, 1.165) is 12.8 Å². The first-order valence-corrected chi connectivity index (χ1v) is 6.45. The van der Waals surface area contributed by atoms with Crippen molar-refractivity contribution in [3.8, 4) is 0 Å². The minimum atomic E-state index is 0.169. The molecule has 0 saturated heterocycles. The molecule has 0 aliphatic carbocycles. The Kier molecular flexibility index (Phi) is 5.75. The molecule has 1 atom stereocenters. The van der Waals surface area contributed by atoms with E-state index in [9.17, 15) is 4.79 Å². The Hall–Kier alpha value is -1.31. The van der Waals surface area contributed by atoms with E-state index in [1.165, 1.54) is 5.56 Å². The predicted molar refractivity (Wildman–Crippen MR) is 71.8 cm³/mol. The fraction of sp³-hybridized carbons (Fsp3) is 0.533. The lowest BCUT2D eigenvalue weighted by atomic mass is 10.0. The lowest BCUT2D eigenvalue weighted by Gasteiger charge is -2.17. The van der Waals surface area contributed by atoms with Gasteiger partial charge in [0.25, 0.3) is 0 Å². The average molecular weight is 233 g/mol. The highest BCUT2D eigenvalue weighted by molar-refractivity contribution is 5.76. The Labute approximate surface area is 104 Å². The fourth-order valence-electron chi connectivity index (χ4n) is 1.85. The monoisotopic (exact) mass is 233 g/mol. The second-order valence-electron chi connectivity index (χ2n) is 4.96. The predicted octanol–water partition coefficient (Wildman–Crippen LogP) is 3.17. The summed E-state index contributed by atoms with van der Waals surface area (Å²) < 4.78 is 0. The van der Waals surface area contributed by atoms with Gasteiger partial charge < -0.3 is 5.32 Å². The Morgan fingerprint density at radius 1 is 1.24 bits per heavy atom. The van der Waals surface area contributed by atoms with E-state index in [1.54, 1.807) is 0 Å². The van der Waals surface area contributed by atoms with Gasteiger partial charge in [0.1, 0.15) is 0 Å². The topological polar surface area (TPSA) is 29.1 Å². The standard InChI is InChI=1S/C15H23NO/c1-4-14(16-15(17)10-12(2)3)11-13-8-6-5-7-9-13/h5-9,12,14H,4,10-11H2,1-3H3,(H,16,17). The summed E-state index contributed by atoms with van der Waals surface area (Å²) in [6, 6.07) is 10.6. The highest BCUT2D eigenvalue weighted by Crippen LogP contribution is 2.07. The van der Waals surface area contributed by atoms with E-state index in [1.807, 2.05) is 18.2 Å². The SMILES string of the molecule is CCC(Cc1ccccc1)NC(=O)CC(C)C. The third kappa shape index (κ3) is 5.53. The second kappa shape index (κ2) is 7.10. The molecule has 0 saturated carbocycles. The van der Waals surface area contributed by atoms with Crippen LogP contribution in [0.3, 0.4) is 0 Å². The van der Waals surface area contributed by atoms with Crippen molar-refractivity contribution in [1.29, 1.82) is 0 Å². The van der Waals surface area contributed by atoms with Crippen LogP contribution >= 0.6 is 0 Å². The van der Waals surface area contributed by atoms with E-state index < -0.39 is 0 Å². The molecular formula is C15H23NO. The maximum Gasteiger partial charge on any atom is 0.220 e. The van der Waals surface area contributed by atoms with Crippen molar-refractivity contribution in [3.63, 3.8) is 0 Å². The maximum absolute atomic E-state index is 11.7. The van der Waals surface area contributed by atoms with Crippen molar-refractivity contribution in [2.45, 2.75) is 46.1 Å². The summed E-state index contributed by atoms with van der Waals surface area (Å²) in [5, 5.41) is 3.11. The van der Waals surface area contributed by atoms with Gasteiger partial charge in [-0.15, -0.1) is 0 Å². The summed E-state index contributed by atoms with van der Waals surface area (Å²) in [5.41, 5.74) is 1.28. The first-order chi connectivity index (χ1) is 8.11. The summed E-state index contributed by atoms with van der Waals surface area (Å²) in [6.07, 6.45) is 2.51. The Bertz CT molecular complexity index is 332. The van der Waals surface area contributed by atoms with E-state index in [2.05, 4.69) is 38.2 Å². The van der Waals surface area contributed by atoms with Crippen molar-refractivity contribution in [2.75, 3.05) is 0 Å². The normalized spacial score (nSPS) is 12.5. The summed E-state index contributed by atoms with van der Waals surface area (Å²) in [6.45, 7) is 6.25. The van der Waals surface area contributed by atoms with Crippen LogP contribution in [-0.2, 0) is 11.2 Å². The van der Waals surface area contributed by atoms with Crippen LogP contribution in [0.2, 0.25) is 0 Å². The molecule has 1 aromatic carbocycles. The molecule has 1 N–H and O–H groups in total. The molecule has 0 fully saturated rings. The number of carbonyl (C=O) groups excluding carboxylic acids is 1. The second-order valence-corrected chi connectivity index (χ2v) is 4.96. The molecule has 17 heavy (non-hydrogen) atoms. The molecule has 2 nitrogen and oxygen atoms in total. The quantitative estimate of drug-likeness (QED) is 0.803. The van der Waals surface area contributed by atoms with Crippen LogP contribution in [0.5, 0.6) is 0 Å². The molecule has 0 aromatic heterocycles. The number of amides is 1. The minimum Gasteiger partial charge on any atom is -0.353 e. The molecule has 94 valence electrons. The van der Waals surface area contributed by atoms with Gasteiger partial charge in [0.15, 0.2) is 0 Å². The number of hydrogen-bond acceptors (Lipinski definition) is 1. The Balaban J connectivity index is 2.46. The highest BCUT2D eigenvalue weighted by Gasteiger charge is 2.11. The summed E-state index contributed by atoms with van der Waals surface area (Å²) >= 11 is 0. The van der Waals surface area contributed by atoms with Gasteiger partial charge in [0, 0.05) is 12.5 Å². The van der Waals surface area contributed by atoms with Crippen LogP contribution in [0.25, 0.3) is 0 Å². The van der Waals surface area contributed by atoms with Crippen molar-refractivity contribution in [1.82, 2.24) is 5.32 Å². The highest BCUT2D eigenvalue weighted by atomic mass is 16.1. The van der Waals surface area contributed by atoms with Gasteiger partial charge in [0.2, 0.25) is 5.91 Å². The Morgan fingerprint density at radius 2 is 1.88 bits per heavy atom. The van der Waals surface area contributed by atoms with E-state index in [0.29, 0.717) is 12.3 Å². The van der Waals surface area contributed by atoms with Gasteiger partial charge >= 0.3 is 0 Å². The van der Waals surface area contributed by atoms with Gasteiger partial charge in [-0.2, -0.15) is 0 Å². The summed E-state index contributed by atoms with van der Waals surface area (Å²) in [5.74, 6) is 0.590. The van der Waals surface area contributed by atoms with Gasteiger partial charge in [0.05, 0.1) is 0 Å². The largest absolute Gasteiger partial charge is 0.353 e. The lowest BCUT2D eigenvalue weighted by Crippen LogP contribution is -2.36. The molecule has 0 aliphatic heterocycles. The molecule has 2 heteroatoms. The first kappa shape index (κ1) is 13.8. The van der Waals surface area contributed by atoms with Crippen molar-refractivity contribution >= 4 is 5.91 Å². The number of hydrogen-bond donors (Lipinski definition) is 1. The number of rotatable bonds is 6. The third-order valence-electron chi connectivity index (χ3n) is 2.78. The van der Waals surface area contributed by atoms with Crippen LogP contribution in [0, 0.1) is 5.92 Å². The molecule has 0 radical (unpaired) electrons. The first-order valence-electron chi connectivity index (χ1n) is 6.45. The van der Waals surface area contributed by atoms with Crippen LogP contribution < -0.4 is 5.32 Å². The van der Waals surface area contributed by atoms with Crippen molar-refractivity contribution < 1.29 is 4.79 Å². The molecule has 1 rings (SSSR count). The number of nitrogens with one attached hydrogen (secondary N) is 1. The van der Waals surface area contributed by atoms with Crippen LogP contribution in [-0.4, -0.2) is 11.9 Å². The number of carbonyl (C=O) groups is 1. The molecule has 1 aromatic rings. The molecular weight excluding hydrogens is 210 g/mol. The van der Waals surface area contributed by atoms with Crippen LogP contribution in [0.1, 0.15) is 39.2 Å². The van der Waals surface area contributed by atoms with E-state index >= 15 is 0 Å². The summed E-state index contributed by atoms with van der Waals surface area (Å²) in [7, 11) is 0. The average Bonchev–Trinajstić information content (AvgIpc) is 2.28. The zero-order valence-electron chi connectivity index (χ0n) is 11.1. The van der Waals surface area contributed by atoms with Crippen molar-refractivity contribution in [3.05, 3.63) is 35.9 Å². The molecule has 1 amide bonds.